The van der Waals surface area contributed by atoms with Crippen LogP contribution in [0.4, 0.5) is 0 Å². The molecule has 20 heavy (non-hydrogen) atoms. The second-order valence-corrected chi connectivity index (χ2v) is 4.79. The number of nitrogens with zero attached hydrogens (tertiary/aromatic N) is 2. The molecule has 2 aromatic carbocycles. The van der Waals surface area contributed by atoms with Gasteiger partial charge in [0, 0.05) is 7.05 Å². The van der Waals surface area contributed by atoms with Crippen molar-refractivity contribution >= 4 is 10.9 Å². The van der Waals surface area contributed by atoms with Crippen molar-refractivity contribution in [1.29, 1.82) is 0 Å². The highest BCUT2D eigenvalue weighted by atomic mass is 16.2. The molecule has 1 aromatic heterocycles. The molecule has 0 saturated carbocycles. The van der Waals surface area contributed by atoms with Gasteiger partial charge in [-0.1, -0.05) is 30.3 Å². The lowest BCUT2D eigenvalue weighted by atomic mass is 10.2. The molecule has 0 spiro atoms. The summed E-state index contributed by atoms with van der Waals surface area (Å²) in [6.07, 6.45) is 0. The normalized spacial score (nSPS) is 10.9. The van der Waals surface area contributed by atoms with Gasteiger partial charge < -0.3 is 0 Å². The second-order valence-electron chi connectivity index (χ2n) is 4.79. The zero-order valence-electron chi connectivity index (χ0n) is 11.3. The molecule has 0 amide bonds. The van der Waals surface area contributed by atoms with Gasteiger partial charge in [0.15, 0.2) is 0 Å². The van der Waals surface area contributed by atoms with Crippen LogP contribution in [0.25, 0.3) is 16.6 Å². The molecule has 0 bridgehead atoms. The molecule has 0 aliphatic heterocycles. The topological polar surface area (TPSA) is 44.0 Å². The van der Waals surface area contributed by atoms with Gasteiger partial charge in [0.1, 0.15) is 0 Å². The van der Waals surface area contributed by atoms with E-state index in [1.165, 1.54) is 9.13 Å². The fourth-order valence-electron chi connectivity index (χ4n) is 2.43. The van der Waals surface area contributed by atoms with Gasteiger partial charge in [-0.05, 0) is 30.7 Å². The smallest absolute Gasteiger partial charge is 0.296 e. The third kappa shape index (κ3) is 1.69. The summed E-state index contributed by atoms with van der Waals surface area (Å²) in [7, 11) is 1.68. The Morgan fingerprint density at radius 3 is 2.30 bits per heavy atom. The maximum absolute atomic E-state index is 12.6. The van der Waals surface area contributed by atoms with Gasteiger partial charge in [-0.2, -0.15) is 0 Å². The Hall–Kier alpha value is -2.62. The van der Waals surface area contributed by atoms with Crippen molar-refractivity contribution < 1.29 is 0 Å². The lowest BCUT2D eigenvalue weighted by Gasteiger charge is -2.12. The predicted octanol–water partition coefficient (Wildman–Crippen LogP) is 2.00. The Labute approximate surface area is 115 Å². The first-order chi connectivity index (χ1) is 9.61. The standard InChI is InChI=1S/C16H14N2O2/c1-11-7-3-5-9-13(11)18-15(19)12-8-4-6-10-14(12)17(2)16(18)20/h3-10H,1-2H3. The first-order valence-corrected chi connectivity index (χ1v) is 6.38. The van der Waals surface area contributed by atoms with Gasteiger partial charge in [-0.15, -0.1) is 0 Å². The first-order valence-electron chi connectivity index (χ1n) is 6.38. The van der Waals surface area contributed by atoms with E-state index in [9.17, 15) is 9.59 Å². The van der Waals surface area contributed by atoms with Crippen LogP contribution in [0.15, 0.2) is 58.1 Å². The largest absolute Gasteiger partial charge is 0.335 e. The van der Waals surface area contributed by atoms with Crippen LogP contribution in [0.2, 0.25) is 0 Å². The fraction of sp³-hybridized carbons (Fsp3) is 0.125. The van der Waals surface area contributed by atoms with Crippen molar-refractivity contribution in [2.75, 3.05) is 0 Å². The molecule has 0 atom stereocenters. The SMILES string of the molecule is Cc1ccccc1-n1c(=O)c2ccccc2n(C)c1=O. The number of fused-ring (bicyclic) bond motifs is 1. The van der Waals surface area contributed by atoms with Crippen molar-refractivity contribution in [3.63, 3.8) is 0 Å². The molecule has 0 radical (unpaired) electrons. The molecule has 4 nitrogen and oxygen atoms in total. The summed E-state index contributed by atoms with van der Waals surface area (Å²) in [5, 5.41) is 0.540. The molecule has 3 aromatic rings. The Kier molecular flexibility index (Phi) is 2.79. The monoisotopic (exact) mass is 266 g/mol. The summed E-state index contributed by atoms with van der Waals surface area (Å²) in [4.78, 5) is 25.1. The lowest BCUT2D eigenvalue weighted by molar-refractivity contribution is 0.771. The van der Waals surface area contributed by atoms with Gasteiger partial charge in [-0.25, -0.2) is 9.36 Å². The Morgan fingerprint density at radius 1 is 0.900 bits per heavy atom. The van der Waals surface area contributed by atoms with E-state index in [2.05, 4.69) is 0 Å². The summed E-state index contributed by atoms with van der Waals surface area (Å²) in [6, 6.07) is 14.5. The van der Waals surface area contributed by atoms with Crippen molar-refractivity contribution in [1.82, 2.24) is 9.13 Å². The summed E-state index contributed by atoms with van der Waals surface area (Å²) < 4.78 is 2.74. The van der Waals surface area contributed by atoms with Gasteiger partial charge in [0.25, 0.3) is 5.56 Å². The maximum Gasteiger partial charge on any atom is 0.335 e. The zero-order chi connectivity index (χ0) is 14.3. The maximum atomic E-state index is 12.6. The van der Waals surface area contributed by atoms with Crippen LogP contribution in [0.3, 0.4) is 0 Å². The predicted molar refractivity (Wildman–Crippen MR) is 79.5 cm³/mol. The molecule has 100 valence electrons. The molecular weight excluding hydrogens is 252 g/mol. The number of aromatic nitrogens is 2. The minimum atomic E-state index is -0.331. The fourth-order valence-corrected chi connectivity index (χ4v) is 2.43. The average Bonchev–Trinajstić information content (AvgIpc) is 2.47. The number of hydrogen-bond acceptors (Lipinski definition) is 2. The van der Waals surface area contributed by atoms with Gasteiger partial charge in [0.05, 0.1) is 16.6 Å². The van der Waals surface area contributed by atoms with Crippen LogP contribution in [-0.2, 0) is 7.05 Å². The average molecular weight is 266 g/mol. The minimum Gasteiger partial charge on any atom is -0.296 e. The Morgan fingerprint density at radius 2 is 1.55 bits per heavy atom. The molecule has 0 saturated heterocycles. The molecular formula is C16H14N2O2. The number of rotatable bonds is 1. The molecule has 3 rings (SSSR count). The number of hydrogen-bond donors (Lipinski definition) is 0. The molecule has 0 fully saturated rings. The number of para-hydroxylation sites is 2. The van der Waals surface area contributed by atoms with E-state index in [1.54, 1.807) is 31.3 Å². The van der Waals surface area contributed by atoms with Crippen molar-refractivity contribution in [2.24, 2.45) is 7.05 Å². The highest BCUT2D eigenvalue weighted by Crippen LogP contribution is 2.12. The Bertz CT molecular complexity index is 920. The summed E-state index contributed by atoms with van der Waals surface area (Å²) in [5.41, 5.74) is 1.55. The quantitative estimate of drug-likeness (QED) is 0.676. The van der Waals surface area contributed by atoms with Crippen molar-refractivity contribution in [2.45, 2.75) is 6.92 Å². The molecule has 0 aliphatic carbocycles. The third-order valence-electron chi connectivity index (χ3n) is 3.53. The van der Waals surface area contributed by atoms with Crippen molar-refractivity contribution in [3.05, 3.63) is 74.9 Å². The van der Waals surface area contributed by atoms with E-state index in [1.807, 2.05) is 31.2 Å². The third-order valence-corrected chi connectivity index (χ3v) is 3.53. The van der Waals surface area contributed by atoms with Crippen LogP contribution in [0, 0.1) is 6.92 Å². The van der Waals surface area contributed by atoms with Crippen LogP contribution >= 0.6 is 0 Å². The minimum absolute atomic E-state index is 0.280. The van der Waals surface area contributed by atoms with Crippen LogP contribution in [-0.4, -0.2) is 9.13 Å². The van der Waals surface area contributed by atoms with Gasteiger partial charge in [-0.3, -0.25) is 9.36 Å². The molecule has 0 N–H and O–H groups in total. The van der Waals surface area contributed by atoms with Crippen LogP contribution in [0.1, 0.15) is 5.56 Å². The highest BCUT2D eigenvalue weighted by Gasteiger charge is 2.12. The van der Waals surface area contributed by atoms with E-state index in [-0.39, 0.29) is 11.2 Å². The zero-order valence-corrected chi connectivity index (χ0v) is 11.3. The second kappa shape index (κ2) is 4.49. The van der Waals surface area contributed by atoms with Gasteiger partial charge in [0.2, 0.25) is 0 Å². The summed E-state index contributed by atoms with van der Waals surface area (Å²) >= 11 is 0. The molecule has 0 unspecified atom stereocenters. The summed E-state index contributed by atoms with van der Waals surface area (Å²) in [6.45, 7) is 1.89. The number of aryl methyl sites for hydroxylation is 2. The Balaban J connectivity index is 2.53. The van der Waals surface area contributed by atoms with Crippen LogP contribution in [0.5, 0.6) is 0 Å². The van der Waals surface area contributed by atoms with E-state index < -0.39 is 0 Å². The van der Waals surface area contributed by atoms with E-state index in [0.717, 1.165) is 5.56 Å². The molecule has 4 heteroatoms. The van der Waals surface area contributed by atoms with E-state index >= 15 is 0 Å². The molecule has 0 aliphatic rings. The lowest BCUT2D eigenvalue weighted by Crippen LogP contribution is -2.38. The van der Waals surface area contributed by atoms with Crippen molar-refractivity contribution in [3.8, 4) is 5.69 Å². The van der Waals surface area contributed by atoms with Gasteiger partial charge >= 0.3 is 5.69 Å². The highest BCUT2D eigenvalue weighted by molar-refractivity contribution is 5.78. The van der Waals surface area contributed by atoms with Crippen LogP contribution < -0.4 is 11.2 Å². The first kappa shape index (κ1) is 12.4. The molecule has 1 heterocycles. The summed E-state index contributed by atoms with van der Waals surface area (Å²) in [5.74, 6) is 0. The van der Waals surface area contributed by atoms with E-state index in [0.29, 0.717) is 16.6 Å². The number of benzene rings is 2. The van der Waals surface area contributed by atoms with E-state index in [4.69, 9.17) is 0 Å².